The second-order valence-electron chi connectivity index (χ2n) is 8.05. The average Bonchev–Trinajstić information content (AvgIpc) is 2.77. The maximum absolute atomic E-state index is 14.3. The number of morpholine rings is 1. The van der Waals surface area contributed by atoms with E-state index in [1.165, 1.54) is 35.2 Å². The van der Waals surface area contributed by atoms with Crippen molar-refractivity contribution in [3.63, 3.8) is 0 Å². The first-order valence-electron chi connectivity index (χ1n) is 10.7. The van der Waals surface area contributed by atoms with E-state index in [0.29, 0.717) is 24.3 Å². The Hall–Kier alpha value is -3.83. The van der Waals surface area contributed by atoms with Gasteiger partial charge in [-0.2, -0.15) is 0 Å². The molecule has 2 saturated heterocycles. The second kappa shape index (κ2) is 9.57. The number of carbonyl (C=O) groups is 3. The van der Waals surface area contributed by atoms with Crippen LogP contribution in [0.1, 0.15) is 22.3 Å². The summed E-state index contributed by atoms with van der Waals surface area (Å²) in [4.78, 5) is 40.9. The highest BCUT2D eigenvalue weighted by molar-refractivity contribution is 6.05. The number of nitrogens with one attached hydrogen (secondary N) is 2. The van der Waals surface area contributed by atoms with E-state index in [0.717, 1.165) is 18.6 Å². The fourth-order valence-corrected chi connectivity index (χ4v) is 3.73. The van der Waals surface area contributed by atoms with Gasteiger partial charge in [0, 0.05) is 42.1 Å². The highest BCUT2D eigenvalue weighted by atomic mass is 19.1. The molecule has 0 bridgehead atoms. The Labute approximate surface area is 194 Å². The van der Waals surface area contributed by atoms with Gasteiger partial charge in [0.2, 0.25) is 0 Å². The van der Waals surface area contributed by atoms with Crippen LogP contribution in [-0.2, 0) is 14.3 Å². The lowest BCUT2D eigenvalue weighted by Crippen LogP contribution is -2.55. The molecule has 178 valence electrons. The zero-order valence-corrected chi connectivity index (χ0v) is 18.2. The van der Waals surface area contributed by atoms with Gasteiger partial charge in [-0.25, -0.2) is 4.39 Å². The topological polar surface area (TPSA) is 149 Å². The van der Waals surface area contributed by atoms with Crippen LogP contribution < -0.4 is 16.0 Å². The van der Waals surface area contributed by atoms with Crippen molar-refractivity contribution in [2.24, 2.45) is 5.73 Å². The van der Waals surface area contributed by atoms with Gasteiger partial charge in [-0.3, -0.25) is 19.8 Å². The Morgan fingerprint density at radius 1 is 1.15 bits per heavy atom. The Kier molecular flexibility index (Phi) is 6.57. The number of aliphatic hydroxyl groups excluding tert-OH is 1. The number of amides is 3. The lowest BCUT2D eigenvalue weighted by Gasteiger charge is -2.35. The molecular formula is C23H24FN5O5. The van der Waals surface area contributed by atoms with E-state index >= 15 is 0 Å². The highest BCUT2D eigenvalue weighted by Crippen LogP contribution is 2.25. The van der Waals surface area contributed by atoms with Crippen molar-refractivity contribution in [2.45, 2.75) is 18.6 Å². The summed E-state index contributed by atoms with van der Waals surface area (Å²) in [5.41, 5.74) is 6.46. The van der Waals surface area contributed by atoms with Gasteiger partial charge in [0.15, 0.2) is 12.2 Å². The third-order valence-electron chi connectivity index (χ3n) is 5.73. The molecule has 3 amide bonds. The second-order valence-corrected chi connectivity index (χ2v) is 8.05. The number of hydrogen-bond donors (Lipinski definition) is 4. The van der Waals surface area contributed by atoms with Gasteiger partial charge >= 0.3 is 0 Å². The van der Waals surface area contributed by atoms with Crippen molar-refractivity contribution in [3.05, 3.63) is 59.4 Å². The first kappa shape index (κ1) is 23.3. The SMILES string of the molecule is N=C(N)c1ccc(NC(=O)[C@H](O)[C@H]2OCCN(c3cc(F)cc(C(=O)N4CCC4)c3)C2=O)cc1. The summed E-state index contributed by atoms with van der Waals surface area (Å²) in [5.74, 6) is -2.73. The molecule has 0 saturated carbocycles. The molecule has 4 rings (SSSR count). The Morgan fingerprint density at radius 3 is 2.47 bits per heavy atom. The molecule has 0 spiro atoms. The first-order chi connectivity index (χ1) is 16.2. The molecule has 0 aromatic heterocycles. The van der Waals surface area contributed by atoms with Gasteiger partial charge in [-0.1, -0.05) is 0 Å². The number of nitrogens with zero attached hydrogens (tertiary/aromatic N) is 2. The molecule has 0 unspecified atom stereocenters. The summed E-state index contributed by atoms with van der Waals surface area (Å²) in [5, 5.41) is 20.4. The molecule has 2 aromatic carbocycles. The molecule has 2 aliphatic rings. The summed E-state index contributed by atoms with van der Waals surface area (Å²) in [6.07, 6.45) is -2.46. The molecule has 11 heteroatoms. The predicted octanol–water partition coefficient (Wildman–Crippen LogP) is 0.687. The third-order valence-corrected chi connectivity index (χ3v) is 5.73. The van der Waals surface area contributed by atoms with Crippen LogP contribution in [-0.4, -0.2) is 72.0 Å². The number of ether oxygens (including phenoxy) is 1. The lowest BCUT2D eigenvalue weighted by atomic mass is 10.1. The summed E-state index contributed by atoms with van der Waals surface area (Å²) < 4.78 is 19.7. The number of amidine groups is 1. The summed E-state index contributed by atoms with van der Waals surface area (Å²) in [6.45, 7) is 1.26. The first-order valence-corrected chi connectivity index (χ1v) is 10.7. The molecule has 0 aliphatic carbocycles. The number of anilines is 2. The zero-order valence-electron chi connectivity index (χ0n) is 18.2. The van der Waals surface area contributed by atoms with Crippen molar-refractivity contribution in [3.8, 4) is 0 Å². The van der Waals surface area contributed by atoms with E-state index < -0.39 is 29.8 Å². The predicted molar refractivity (Wildman–Crippen MR) is 121 cm³/mol. The monoisotopic (exact) mass is 469 g/mol. The fourth-order valence-electron chi connectivity index (χ4n) is 3.73. The maximum atomic E-state index is 14.3. The maximum Gasteiger partial charge on any atom is 0.259 e. The van der Waals surface area contributed by atoms with Crippen LogP contribution in [0.5, 0.6) is 0 Å². The van der Waals surface area contributed by atoms with E-state index in [2.05, 4.69) is 5.32 Å². The average molecular weight is 469 g/mol. The van der Waals surface area contributed by atoms with Crippen LogP contribution in [0.2, 0.25) is 0 Å². The van der Waals surface area contributed by atoms with Crippen molar-refractivity contribution < 1.29 is 28.6 Å². The molecule has 2 fully saturated rings. The number of halogens is 1. The van der Waals surface area contributed by atoms with Crippen LogP contribution in [0.25, 0.3) is 0 Å². The molecule has 10 nitrogen and oxygen atoms in total. The number of nitrogens with two attached hydrogens (primary N) is 1. The summed E-state index contributed by atoms with van der Waals surface area (Å²) >= 11 is 0. The smallest absolute Gasteiger partial charge is 0.259 e. The molecule has 2 atom stereocenters. The minimum Gasteiger partial charge on any atom is -0.384 e. The normalized spacial score (nSPS) is 18.8. The minimum atomic E-state index is -1.83. The van der Waals surface area contributed by atoms with Crippen molar-refractivity contribution in [1.29, 1.82) is 5.41 Å². The molecule has 2 aliphatic heterocycles. The number of nitrogen functional groups attached to an aromatic ring is 1. The van der Waals surface area contributed by atoms with Crippen molar-refractivity contribution in [1.82, 2.24) is 4.90 Å². The standard InChI is InChI=1S/C23H24FN5O5/c24-15-10-14(22(32)28-6-1-7-28)11-17(12-15)29-8-9-34-19(23(29)33)18(30)21(31)27-16-4-2-13(3-5-16)20(25)26/h2-5,10-12,18-19,30H,1,6-9H2,(H3,25,26)(H,27,31)/t18-,19-/m1/s1. The van der Waals surface area contributed by atoms with E-state index in [-0.39, 0.29) is 36.1 Å². The molecule has 34 heavy (non-hydrogen) atoms. The molecule has 2 aromatic rings. The number of aliphatic hydroxyl groups is 1. The highest BCUT2D eigenvalue weighted by Gasteiger charge is 2.39. The summed E-state index contributed by atoms with van der Waals surface area (Å²) in [7, 11) is 0. The van der Waals surface area contributed by atoms with Gasteiger partial charge in [-0.05, 0) is 48.9 Å². The van der Waals surface area contributed by atoms with Gasteiger partial charge in [0.1, 0.15) is 11.7 Å². The summed E-state index contributed by atoms with van der Waals surface area (Å²) in [6, 6.07) is 9.71. The minimum absolute atomic E-state index is 0.0000265. The van der Waals surface area contributed by atoms with Gasteiger partial charge < -0.3 is 30.7 Å². The molecule has 5 N–H and O–H groups in total. The van der Waals surface area contributed by atoms with E-state index in [4.69, 9.17) is 15.9 Å². The number of carbonyl (C=O) groups excluding carboxylic acids is 3. The van der Waals surface area contributed by atoms with Gasteiger partial charge in [-0.15, -0.1) is 0 Å². The fraction of sp³-hybridized carbons (Fsp3) is 0.304. The van der Waals surface area contributed by atoms with Crippen LogP contribution in [0.15, 0.2) is 42.5 Å². The van der Waals surface area contributed by atoms with E-state index in [9.17, 15) is 23.9 Å². The quantitative estimate of drug-likeness (QED) is 0.361. The van der Waals surface area contributed by atoms with Crippen molar-refractivity contribution >= 4 is 34.9 Å². The van der Waals surface area contributed by atoms with Crippen molar-refractivity contribution in [2.75, 3.05) is 36.5 Å². The number of benzene rings is 2. The Balaban J connectivity index is 1.48. The number of rotatable bonds is 6. The van der Waals surface area contributed by atoms with E-state index in [1.54, 1.807) is 4.90 Å². The van der Waals surface area contributed by atoms with Crippen LogP contribution in [0.3, 0.4) is 0 Å². The zero-order chi connectivity index (χ0) is 24.4. The number of likely N-dealkylation sites (tertiary alicyclic amines) is 1. The van der Waals surface area contributed by atoms with Crippen LogP contribution >= 0.6 is 0 Å². The number of hydrogen-bond acceptors (Lipinski definition) is 6. The van der Waals surface area contributed by atoms with E-state index in [1.807, 2.05) is 0 Å². The molecule has 2 heterocycles. The Bertz CT molecular complexity index is 1140. The lowest BCUT2D eigenvalue weighted by molar-refractivity contribution is -0.150. The van der Waals surface area contributed by atoms with Crippen LogP contribution in [0.4, 0.5) is 15.8 Å². The van der Waals surface area contributed by atoms with Gasteiger partial charge in [0.05, 0.1) is 6.61 Å². The third kappa shape index (κ3) is 4.75. The van der Waals surface area contributed by atoms with Crippen LogP contribution in [0, 0.1) is 11.2 Å². The molecular weight excluding hydrogens is 445 g/mol. The largest absolute Gasteiger partial charge is 0.384 e. The van der Waals surface area contributed by atoms with Gasteiger partial charge in [0.25, 0.3) is 17.7 Å². The Morgan fingerprint density at radius 2 is 1.85 bits per heavy atom. The molecule has 0 radical (unpaired) electrons.